The van der Waals surface area contributed by atoms with E-state index in [1.165, 1.54) is 19.3 Å². The van der Waals surface area contributed by atoms with Crippen molar-refractivity contribution >= 4 is 23.2 Å². The quantitative estimate of drug-likeness (QED) is 0.695. The number of aryl methyl sites for hydroxylation is 1. The van der Waals surface area contributed by atoms with E-state index in [-0.39, 0.29) is 17.7 Å². The summed E-state index contributed by atoms with van der Waals surface area (Å²) in [6, 6.07) is 14.8. The van der Waals surface area contributed by atoms with Gasteiger partial charge in [-0.05, 0) is 62.3 Å². The summed E-state index contributed by atoms with van der Waals surface area (Å²) in [5, 5.41) is 6.05. The standard InChI is InChI=1S/C25H33N3O2/c1-18(2)17-22(27-24(29)20-12-6-5-11-19(20)3)25(30)26-21-13-7-8-14-23(21)28-15-9-4-10-16-28/h5-8,11-14,18,22H,4,9-10,15-17H2,1-3H3,(H,26,30)(H,27,29). The highest BCUT2D eigenvalue weighted by Gasteiger charge is 2.24. The average molecular weight is 408 g/mol. The van der Waals surface area contributed by atoms with Gasteiger partial charge in [0.25, 0.3) is 5.91 Å². The zero-order valence-electron chi connectivity index (χ0n) is 18.3. The highest BCUT2D eigenvalue weighted by atomic mass is 16.2. The number of amides is 2. The molecule has 1 saturated heterocycles. The zero-order valence-corrected chi connectivity index (χ0v) is 18.3. The second-order valence-electron chi connectivity index (χ2n) is 8.52. The predicted octanol–water partition coefficient (Wildman–Crippen LogP) is 4.77. The van der Waals surface area contributed by atoms with Crippen molar-refractivity contribution in [1.82, 2.24) is 5.32 Å². The molecule has 5 heteroatoms. The number of carbonyl (C=O) groups is 2. The third kappa shape index (κ3) is 5.62. The lowest BCUT2D eigenvalue weighted by atomic mass is 10.0. The van der Waals surface area contributed by atoms with Crippen molar-refractivity contribution in [1.29, 1.82) is 0 Å². The van der Waals surface area contributed by atoms with Crippen LogP contribution in [-0.2, 0) is 4.79 Å². The van der Waals surface area contributed by atoms with E-state index in [2.05, 4.69) is 35.4 Å². The molecule has 1 aliphatic rings. The van der Waals surface area contributed by atoms with Gasteiger partial charge in [0, 0.05) is 18.7 Å². The number of carbonyl (C=O) groups excluding carboxylic acids is 2. The van der Waals surface area contributed by atoms with Gasteiger partial charge in [0.05, 0.1) is 11.4 Å². The third-order valence-electron chi connectivity index (χ3n) is 5.58. The number of nitrogens with one attached hydrogen (secondary N) is 2. The van der Waals surface area contributed by atoms with Crippen molar-refractivity contribution in [2.45, 2.75) is 52.5 Å². The predicted molar refractivity (Wildman–Crippen MR) is 123 cm³/mol. The fourth-order valence-electron chi connectivity index (χ4n) is 3.98. The fourth-order valence-corrected chi connectivity index (χ4v) is 3.98. The number of rotatable bonds is 7. The second kappa shape index (κ2) is 10.3. The Morgan fingerprint density at radius 3 is 2.33 bits per heavy atom. The van der Waals surface area contributed by atoms with Crippen molar-refractivity contribution in [2.24, 2.45) is 5.92 Å². The van der Waals surface area contributed by atoms with Crippen LogP contribution < -0.4 is 15.5 Å². The molecule has 0 bridgehead atoms. The molecule has 2 amide bonds. The monoisotopic (exact) mass is 407 g/mol. The highest BCUT2D eigenvalue weighted by Crippen LogP contribution is 2.28. The van der Waals surface area contributed by atoms with E-state index >= 15 is 0 Å². The molecule has 1 atom stereocenters. The molecule has 2 aromatic rings. The number of anilines is 2. The Morgan fingerprint density at radius 2 is 1.63 bits per heavy atom. The third-order valence-corrected chi connectivity index (χ3v) is 5.58. The minimum Gasteiger partial charge on any atom is -0.370 e. The van der Waals surface area contributed by atoms with Gasteiger partial charge in [-0.25, -0.2) is 0 Å². The molecule has 5 nitrogen and oxygen atoms in total. The summed E-state index contributed by atoms with van der Waals surface area (Å²) in [4.78, 5) is 28.4. The van der Waals surface area contributed by atoms with E-state index in [0.717, 1.165) is 30.0 Å². The molecular formula is C25H33N3O2. The van der Waals surface area contributed by atoms with Crippen LogP contribution in [-0.4, -0.2) is 30.9 Å². The molecule has 1 fully saturated rings. The summed E-state index contributed by atoms with van der Waals surface area (Å²) in [7, 11) is 0. The van der Waals surface area contributed by atoms with Crippen LogP contribution in [0.4, 0.5) is 11.4 Å². The van der Waals surface area contributed by atoms with E-state index in [9.17, 15) is 9.59 Å². The molecule has 2 N–H and O–H groups in total. The number of hydrogen-bond donors (Lipinski definition) is 2. The average Bonchev–Trinajstić information content (AvgIpc) is 2.74. The van der Waals surface area contributed by atoms with Gasteiger partial charge in [0.2, 0.25) is 5.91 Å². The van der Waals surface area contributed by atoms with Gasteiger partial charge in [-0.15, -0.1) is 0 Å². The minimum absolute atomic E-state index is 0.171. The minimum atomic E-state index is -0.591. The summed E-state index contributed by atoms with van der Waals surface area (Å²) in [5.41, 5.74) is 3.37. The molecule has 1 aliphatic heterocycles. The van der Waals surface area contributed by atoms with Crippen LogP contribution in [0, 0.1) is 12.8 Å². The van der Waals surface area contributed by atoms with Gasteiger partial charge in [-0.2, -0.15) is 0 Å². The number of piperidine rings is 1. The van der Waals surface area contributed by atoms with Crippen LogP contribution in [0.15, 0.2) is 48.5 Å². The van der Waals surface area contributed by atoms with E-state index in [0.29, 0.717) is 12.0 Å². The topological polar surface area (TPSA) is 61.4 Å². The summed E-state index contributed by atoms with van der Waals surface area (Å²) in [6.07, 6.45) is 4.18. The molecule has 30 heavy (non-hydrogen) atoms. The van der Waals surface area contributed by atoms with Crippen LogP contribution >= 0.6 is 0 Å². The largest absolute Gasteiger partial charge is 0.370 e. The second-order valence-corrected chi connectivity index (χ2v) is 8.52. The maximum absolute atomic E-state index is 13.2. The molecule has 0 spiro atoms. The number of benzene rings is 2. The Labute approximate surface area is 179 Å². The lowest BCUT2D eigenvalue weighted by Gasteiger charge is -2.31. The molecule has 0 aliphatic carbocycles. The normalized spacial score (nSPS) is 15.0. The fraction of sp³-hybridized carbons (Fsp3) is 0.440. The van der Waals surface area contributed by atoms with Gasteiger partial charge in [-0.1, -0.05) is 44.2 Å². The van der Waals surface area contributed by atoms with Crippen molar-refractivity contribution in [3.8, 4) is 0 Å². The SMILES string of the molecule is Cc1ccccc1C(=O)NC(CC(C)C)C(=O)Nc1ccccc1N1CCCCC1. The number of hydrogen-bond acceptors (Lipinski definition) is 3. The molecular weight excluding hydrogens is 374 g/mol. The van der Waals surface area contributed by atoms with E-state index in [1.54, 1.807) is 6.07 Å². The lowest BCUT2D eigenvalue weighted by Crippen LogP contribution is -2.45. The van der Waals surface area contributed by atoms with Crippen LogP contribution in [0.2, 0.25) is 0 Å². The van der Waals surface area contributed by atoms with Crippen molar-refractivity contribution < 1.29 is 9.59 Å². The first kappa shape index (κ1) is 21.9. The molecule has 1 unspecified atom stereocenters. The van der Waals surface area contributed by atoms with Crippen LogP contribution in [0.5, 0.6) is 0 Å². The first-order valence-electron chi connectivity index (χ1n) is 11.0. The van der Waals surface area contributed by atoms with Gasteiger partial charge in [0.1, 0.15) is 6.04 Å². The first-order chi connectivity index (χ1) is 14.5. The van der Waals surface area contributed by atoms with Gasteiger partial charge in [0.15, 0.2) is 0 Å². The smallest absolute Gasteiger partial charge is 0.252 e. The van der Waals surface area contributed by atoms with Crippen LogP contribution in [0.25, 0.3) is 0 Å². The van der Waals surface area contributed by atoms with Gasteiger partial charge >= 0.3 is 0 Å². The molecule has 0 radical (unpaired) electrons. The Kier molecular flexibility index (Phi) is 7.50. The first-order valence-corrected chi connectivity index (χ1v) is 11.0. The Balaban J connectivity index is 1.76. The van der Waals surface area contributed by atoms with Crippen LogP contribution in [0.3, 0.4) is 0 Å². The van der Waals surface area contributed by atoms with Gasteiger partial charge < -0.3 is 15.5 Å². The summed E-state index contributed by atoms with van der Waals surface area (Å²) in [6.45, 7) is 8.03. The highest BCUT2D eigenvalue weighted by molar-refractivity contribution is 6.03. The maximum Gasteiger partial charge on any atom is 0.252 e. The molecule has 0 saturated carbocycles. The van der Waals surface area contributed by atoms with Gasteiger partial charge in [-0.3, -0.25) is 9.59 Å². The maximum atomic E-state index is 13.2. The molecule has 2 aromatic carbocycles. The van der Waals surface area contributed by atoms with Crippen molar-refractivity contribution in [3.05, 3.63) is 59.7 Å². The van der Waals surface area contributed by atoms with Crippen molar-refractivity contribution in [3.63, 3.8) is 0 Å². The Morgan fingerprint density at radius 1 is 0.967 bits per heavy atom. The zero-order chi connectivity index (χ0) is 21.5. The Hall–Kier alpha value is -2.82. The Bertz CT molecular complexity index is 872. The van der Waals surface area contributed by atoms with E-state index in [1.807, 2.05) is 43.3 Å². The lowest BCUT2D eigenvalue weighted by molar-refractivity contribution is -0.118. The van der Waals surface area contributed by atoms with Crippen molar-refractivity contribution in [2.75, 3.05) is 23.3 Å². The van der Waals surface area contributed by atoms with E-state index < -0.39 is 6.04 Å². The summed E-state index contributed by atoms with van der Waals surface area (Å²) in [5.74, 6) is -0.108. The number of nitrogens with zero attached hydrogens (tertiary/aromatic N) is 1. The molecule has 3 rings (SSSR count). The summed E-state index contributed by atoms with van der Waals surface area (Å²) < 4.78 is 0. The summed E-state index contributed by atoms with van der Waals surface area (Å²) >= 11 is 0. The number of para-hydroxylation sites is 2. The molecule has 0 aromatic heterocycles. The van der Waals surface area contributed by atoms with E-state index in [4.69, 9.17) is 0 Å². The van der Waals surface area contributed by atoms with Crippen LogP contribution in [0.1, 0.15) is 55.5 Å². The molecule has 1 heterocycles. The molecule has 160 valence electrons.